The number of fused-ring (bicyclic) bond motifs is 2. The molecule has 2 heterocycles. The van der Waals surface area contributed by atoms with Crippen LogP contribution in [-0.2, 0) is 11.2 Å². The summed E-state index contributed by atoms with van der Waals surface area (Å²) < 4.78 is 5.61. The van der Waals surface area contributed by atoms with Crippen LogP contribution in [0.2, 0.25) is 5.02 Å². The van der Waals surface area contributed by atoms with E-state index in [1.807, 2.05) is 12.1 Å². The highest BCUT2D eigenvalue weighted by atomic mass is 35.5. The Bertz CT molecular complexity index is 850. The monoisotopic (exact) mass is 342 g/mol. The third-order valence-electron chi connectivity index (χ3n) is 4.31. The van der Waals surface area contributed by atoms with Crippen LogP contribution in [0.4, 0.5) is 5.69 Å². The van der Waals surface area contributed by atoms with Gasteiger partial charge in [0, 0.05) is 28.3 Å². The average molecular weight is 343 g/mol. The van der Waals surface area contributed by atoms with Crippen molar-refractivity contribution in [3.8, 4) is 5.75 Å². The van der Waals surface area contributed by atoms with Crippen LogP contribution >= 0.6 is 11.6 Å². The molecule has 5 nitrogen and oxygen atoms in total. The van der Waals surface area contributed by atoms with E-state index in [0.29, 0.717) is 30.0 Å². The molecule has 24 heavy (non-hydrogen) atoms. The molecule has 2 aliphatic heterocycles. The van der Waals surface area contributed by atoms with Crippen LogP contribution in [0.15, 0.2) is 36.4 Å². The van der Waals surface area contributed by atoms with Crippen molar-refractivity contribution in [1.82, 2.24) is 5.32 Å². The Morgan fingerprint density at radius 1 is 1.25 bits per heavy atom. The van der Waals surface area contributed by atoms with Crippen molar-refractivity contribution < 1.29 is 14.3 Å². The number of hydrogen-bond acceptors (Lipinski definition) is 3. The van der Waals surface area contributed by atoms with Crippen molar-refractivity contribution in [2.45, 2.75) is 18.9 Å². The largest absolute Gasteiger partial charge is 0.493 e. The number of hydrogen-bond donors (Lipinski definition) is 2. The van der Waals surface area contributed by atoms with E-state index in [-0.39, 0.29) is 17.9 Å². The number of amides is 2. The lowest BCUT2D eigenvalue weighted by atomic mass is 9.99. The molecule has 0 bridgehead atoms. The predicted octanol–water partition coefficient (Wildman–Crippen LogP) is 3.09. The van der Waals surface area contributed by atoms with Crippen LogP contribution in [-0.4, -0.2) is 18.4 Å². The Morgan fingerprint density at radius 2 is 2.12 bits per heavy atom. The lowest BCUT2D eigenvalue weighted by Gasteiger charge is -2.27. The molecule has 1 unspecified atom stereocenters. The van der Waals surface area contributed by atoms with E-state index in [1.54, 1.807) is 24.3 Å². The van der Waals surface area contributed by atoms with E-state index in [4.69, 9.17) is 16.3 Å². The van der Waals surface area contributed by atoms with Crippen molar-refractivity contribution in [2.24, 2.45) is 0 Å². The zero-order chi connectivity index (χ0) is 16.7. The molecule has 0 aliphatic carbocycles. The quantitative estimate of drug-likeness (QED) is 0.881. The first-order valence-corrected chi connectivity index (χ1v) is 8.14. The van der Waals surface area contributed by atoms with Gasteiger partial charge in [-0.05, 0) is 42.0 Å². The van der Waals surface area contributed by atoms with Crippen molar-refractivity contribution in [1.29, 1.82) is 0 Å². The molecule has 2 N–H and O–H groups in total. The van der Waals surface area contributed by atoms with E-state index in [9.17, 15) is 9.59 Å². The van der Waals surface area contributed by atoms with Crippen molar-refractivity contribution >= 4 is 29.1 Å². The number of carbonyl (C=O) groups excluding carboxylic acids is 2. The molecule has 0 saturated heterocycles. The second-order valence-electron chi connectivity index (χ2n) is 5.94. The summed E-state index contributed by atoms with van der Waals surface area (Å²) in [6.45, 7) is 0.544. The first-order chi connectivity index (χ1) is 11.6. The second-order valence-corrected chi connectivity index (χ2v) is 6.38. The van der Waals surface area contributed by atoms with Gasteiger partial charge >= 0.3 is 0 Å². The van der Waals surface area contributed by atoms with Crippen LogP contribution in [0.5, 0.6) is 5.75 Å². The molecule has 1 atom stereocenters. The number of nitrogens with one attached hydrogen (secondary N) is 2. The molecule has 6 heteroatoms. The standard InChI is InChI=1S/C18H15ClN2O3/c19-12-2-4-16-13(9-12)15(5-6-24-16)21-18(23)10-1-3-14-11(7-10)8-17(22)20-14/h1-4,7,9,15H,5-6,8H2,(H,20,22)(H,21,23). The normalized spacial score (nSPS) is 18.2. The summed E-state index contributed by atoms with van der Waals surface area (Å²) in [4.78, 5) is 24.0. The average Bonchev–Trinajstić information content (AvgIpc) is 2.94. The smallest absolute Gasteiger partial charge is 0.251 e. The molecule has 2 aromatic rings. The molecule has 0 aromatic heterocycles. The third-order valence-corrected chi connectivity index (χ3v) is 4.54. The van der Waals surface area contributed by atoms with Gasteiger partial charge in [-0.1, -0.05) is 11.6 Å². The SMILES string of the molecule is O=C1Cc2cc(C(=O)NC3CCOc4ccc(Cl)cc43)ccc2N1. The van der Waals surface area contributed by atoms with Gasteiger partial charge in [0.2, 0.25) is 5.91 Å². The topological polar surface area (TPSA) is 67.4 Å². The van der Waals surface area contributed by atoms with Crippen LogP contribution in [0.25, 0.3) is 0 Å². The van der Waals surface area contributed by atoms with Gasteiger partial charge in [-0.2, -0.15) is 0 Å². The molecule has 0 radical (unpaired) electrons. The molecule has 4 rings (SSSR count). The zero-order valence-corrected chi connectivity index (χ0v) is 13.5. The molecular formula is C18H15ClN2O3. The van der Waals surface area contributed by atoms with Gasteiger partial charge in [-0.3, -0.25) is 9.59 Å². The van der Waals surface area contributed by atoms with Gasteiger partial charge in [0.25, 0.3) is 5.91 Å². The Kier molecular flexibility index (Phi) is 3.65. The van der Waals surface area contributed by atoms with Gasteiger partial charge in [-0.15, -0.1) is 0 Å². The van der Waals surface area contributed by atoms with Crippen molar-refractivity contribution in [3.05, 3.63) is 58.1 Å². The third kappa shape index (κ3) is 2.71. The number of ether oxygens (including phenoxy) is 1. The molecular weight excluding hydrogens is 328 g/mol. The number of halogens is 1. The first kappa shape index (κ1) is 15.0. The minimum Gasteiger partial charge on any atom is -0.493 e. The first-order valence-electron chi connectivity index (χ1n) is 7.76. The molecule has 122 valence electrons. The van der Waals surface area contributed by atoms with Gasteiger partial charge in [-0.25, -0.2) is 0 Å². The van der Waals surface area contributed by atoms with E-state index < -0.39 is 0 Å². The zero-order valence-electron chi connectivity index (χ0n) is 12.8. The number of rotatable bonds is 2. The summed E-state index contributed by atoms with van der Waals surface area (Å²) in [6, 6.07) is 10.5. The van der Waals surface area contributed by atoms with Gasteiger partial charge in [0.1, 0.15) is 5.75 Å². The van der Waals surface area contributed by atoms with E-state index >= 15 is 0 Å². The van der Waals surface area contributed by atoms with E-state index in [0.717, 1.165) is 22.6 Å². The summed E-state index contributed by atoms with van der Waals surface area (Å²) in [6.07, 6.45) is 0.996. The predicted molar refractivity (Wildman–Crippen MR) is 90.5 cm³/mol. The summed E-state index contributed by atoms with van der Waals surface area (Å²) in [5.74, 6) is 0.533. The fourth-order valence-corrected chi connectivity index (χ4v) is 3.31. The Balaban J connectivity index is 1.57. The highest BCUT2D eigenvalue weighted by Crippen LogP contribution is 2.34. The Morgan fingerprint density at radius 3 is 3.00 bits per heavy atom. The van der Waals surface area contributed by atoms with Crippen LogP contribution in [0, 0.1) is 0 Å². The minimum absolute atomic E-state index is 0.0458. The van der Waals surface area contributed by atoms with Crippen molar-refractivity contribution in [3.63, 3.8) is 0 Å². The fraction of sp³-hybridized carbons (Fsp3) is 0.222. The lowest BCUT2D eigenvalue weighted by molar-refractivity contribution is -0.115. The molecule has 0 saturated carbocycles. The Hall–Kier alpha value is -2.53. The summed E-state index contributed by atoms with van der Waals surface area (Å²) in [5.41, 5.74) is 3.06. The van der Waals surface area contributed by atoms with Crippen LogP contribution in [0.1, 0.15) is 33.9 Å². The minimum atomic E-state index is -0.171. The van der Waals surface area contributed by atoms with Crippen LogP contribution < -0.4 is 15.4 Å². The summed E-state index contributed by atoms with van der Waals surface area (Å²) >= 11 is 6.07. The number of carbonyl (C=O) groups is 2. The van der Waals surface area contributed by atoms with Crippen LogP contribution in [0.3, 0.4) is 0 Å². The van der Waals surface area contributed by atoms with E-state index in [2.05, 4.69) is 10.6 Å². The lowest BCUT2D eigenvalue weighted by Crippen LogP contribution is -2.32. The molecule has 2 aromatic carbocycles. The molecule has 2 aliphatic rings. The second kappa shape index (κ2) is 5.83. The maximum Gasteiger partial charge on any atom is 0.251 e. The Labute approximate surface area is 144 Å². The molecule has 0 spiro atoms. The van der Waals surface area contributed by atoms with Gasteiger partial charge in [0.05, 0.1) is 19.1 Å². The highest BCUT2D eigenvalue weighted by Gasteiger charge is 2.25. The van der Waals surface area contributed by atoms with Gasteiger partial charge in [0.15, 0.2) is 0 Å². The maximum absolute atomic E-state index is 12.6. The molecule has 2 amide bonds. The number of benzene rings is 2. The van der Waals surface area contributed by atoms with Gasteiger partial charge < -0.3 is 15.4 Å². The maximum atomic E-state index is 12.6. The summed E-state index contributed by atoms with van der Waals surface area (Å²) in [7, 11) is 0. The van der Waals surface area contributed by atoms with Crippen molar-refractivity contribution in [2.75, 3.05) is 11.9 Å². The highest BCUT2D eigenvalue weighted by molar-refractivity contribution is 6.30. The van der Waals surface area contributed by atoms with E-state index in [1.165, 1.54) is 0 Å². The fourth-order valence-electron chi connectivity index (χ4n) is 3.13. The number of anilines is 1. The summed E-state index contributed by atoms with van der Waals surface area (Å²) in [5, 5.41) is 6.41. The molecule has 0 fully saturated rings.